The van der Waals surface area contributed by atoms with Gasteiger partial charge in [-0.3, -0.25) is 9.78 Å². The molecule has 0 aliphatic heterocycles. The van der Waals surface area contributed by atoms with Crippen LogP contribution in [0.4, 0.5) is 0 Å². The van der Waals surface area contributed by atoms with Crippen molar-refractivity contribution in [3.05, 3.63) is 42.2 Å². The van der Waals surface area contributed by atoms with Crippen LogP contribution in [0, 0.1) is 0 Å². The lowest BCUT2D eigenvalue weighted by molar-refractivity contribution is -0.144. The average Bonchev–Trinajstić information content (AvgIpc) is 2.45. The topological polar surface area (TPSA) is 79.7 Å². The standard InChI is InChI=1S/C14H15NO4/c1-19-13(17)6-12(16)14(18)11-8-15-7-9-4-2-3-5-10(9)11/h2-5,7-8,12,14,16,18H,6H2,1H3. The van der Waals surface area contributed by atoms with E-state index in [-0.39, 0.29) is 6.42 Å². The first kappa shape index (κ1) is 13.5. The smallest absolute Gasteiger partial charge is 0.308 e. The van der Waals surface area contributed by atoms with Crippen molar-refractivity contribution in [2.45, 2.75) is 18.6 Å². The van der Waals surface area contributed by atoms with E-state index in [1.807, 2.05) is 24.3 Å². The third kappa shape index (κ3) is 2.89. The number of hydrogen-bond donors (Lipinski definition) is 2. The Bertz CT molecular complexity index is 579. The number of hydrogen-bond acceptors (Lipinski definition) is 5. The van der Waals surface area contributed by atoms with Gasteiger partial charge in [-0.2, -0.15) is 0 Å². The molecule has 5 nitrogen and oxygen atoms in total. The Morgan fingerprint density at radius 2 is 2.05 bits per heavy atom. The van der Waals surface area contributed by atoms with Crippen molar-refractivity contribution in [3.63, 3.8) is 0 Å². The average molecular weight is 261 g/mol. The molecule has 0 amide bonds. The number of nitrogens with zero attached hydrogens (tertiary/aromatic N) is 1. The number of aliphatic hydroxyl groups excluding tert-OH is 2. The van der Waals surface area contributed by atoms with Crippen LogP contribution in [0.25, 0.3) is 10.8 Å². The number of aliphatic hydroxyl groups is 2. The molecule has 5 heteroatoms. The van der Waals surface area contributed by atoms with Crippen LogP contribution in [0.15, 0.2) is 36.7 Å². The molecular formula is C14H15NO4. The first-order valence-corrected chi connectivity index (χ1v) is 5.89. The molecule has 2 rings (SSSR count). The van der Waals surface area contributed by atoms with Gasteiger partial charge in [0, 0.05) is 23.3 Å². The summed E-state index contributed by atoms with van der Waals surface area (Å²) in [4.78, 5) is 15.1. The Balaban J connectivity index is 2.30. The summed E-state index contributed by atoms with van der Waals surface area (Å²) in [6, 6.07) is 7.40. The summed E-state index contributed by atoms with van der Waals surface area (Å²) in [5.41, 5.74) is 0.495. The van der Waals surface area contributed by atoms with Gasteiger partial charge in [0.15, 0.2) is 0 Å². The molecule has 0 saturated heterocycles. The first-order valence-electron chi connectivity index (χ1n) is 5.89. The van der Waals surface area contributed by atoms with Gasteiger partial charge in [-0.25, -0.2) is 0 Å². The number of carbonyl (C=O) groups excluding carboxylic acids is 1. The van der Waals surface area contributed by atoms with E-state index in [2.05, 4.69) is 9.72 Å². The van der Waals surface area contributed by atoms with Crippen LogP contribution in [0.1, 0.15) is 18.1 Å². The Morgan fingerprint density at radius 1 is 1.32 bits per heavy atom. The molecule has 1 aromatic carbocycles. The zero-order valence-electron chi connectivity index (χ0n) is 10.5. The molecule has 1 aromatic heterocycles. The second-order valence-electron chi connectivity index (χ2n) is 4.24. The molecule has 0 spiro atoms. The molecule has 0 bridgehead atoms. The molecule has 0 saturated carbocycles. The fraction of sp³-hybridized carbons (Fsp3) is 0.286. The van der Waals surface area contributed by atoms with Crippen molar-refractivity contribution in [3.8, 4) is 0 Å². The summed E-state index contributed by atoms with van der Waals surface area (Å²) >= 11 is 0. The second-order valence-corrected chi connectivity index (χ2v) is 4.24. The summed E-state index contributed by atoms with van der Waals surface area (Å²) in [5.74, 6) is -0.570. The van der Waals surface area contributed by atoms with E-state index in [1.54, 1.807) is 6.20 Å². The van der Waals surface area contributed by atoms with Crippen molar-refractivity contribution < 1.29 is 19.7 Å². The van der Waals surface area contributed by atoms with Gasteiger partial charge >= 0.3 is 5.97 Å². The maximum absolute atomic E-state index is 11.1. The summed E-state index contributed by atoms with van der Waals surface area (Å²) in [6.45, 7) is 0. The van der Waals surface area contributed by atoms with E-state index >= 15 is 0 Å². The number of rotatable bonds is 4. The molecule has 0 aliphatic carbocycles. The van der Waals surface area contributed by atoms with E-state index in [1.165, 1.54) is 13.3 Å². The largest absolute Gasteiger partial charge is 0.469 e. The number of ether oxygens (including phenoxy) is 1. The third-order valence-corrected chi connectivity index (χ3v) is 2.99. The zero-order chi connectivity index (χ0) is 13.8. The van der Waals surface area contributed by atoms with Gasteiger partial charge < -0.3 is 14.9 Å². The first-order chi connectivity index (χ1) is 9.13. The highest BCUT2D eigenvalue weighted by molar-refractivity contribution is 5.85. The van der Waals surface area contributed by atoms with Gasteiger partial charge in [-0.15, -0.1) is 0 Å². The van der Waals surface area contributed by atoms with Crippen LogP contribution in [-0.4, -0.2) is 34.4 Å². The molecule has 19 heavy (non-hydrogen) atoms. The van der Waals surface area contributed by atoms with Crippen LogP contribution >= 0.6 is 0 Å². The molecule has 2 N–H and O–H groups in total. The Morgan fingerprint density at radius 3 is 2.79 bits per heavy atom. The SMILES string of the molecule is COC(=O)CC(O)C(O)c1cncc2ccccc12. The zero-order valence-corrected chi connectivity index (χ0v) is 10.5. The Hall–Kier alpha value is -1.98. The minimum atomic E-state index is -1.22. The fourth-order valence-corrected chi connectivity index (χ4v) is 1.95. The van der Waals surface area contributed by atoms with Crippen molar-refractivity contribution in [2.75, 3.05) is 7.11 Å². The van der Waals surface area contributed by atoms with Gasteiger partial charge in [0.25, 0.3) is 0 Å². The normalized spacial score (nSPS) is 14.1. The van der Waals surface area contributed by atoms with Crippen LogP contribution < -0.4 is 0 Å². The summed E-state index contributed by atoms with van der Waals surface area (Å²) in [7, 11) is 1.24. The molecule has 0 radical (unpaired) electrons. The molecule has 100 valence electrons. The summed E-state index contributed by atoms with van der Waals surface area (Å²) in [6.07, 6.45) is 0.504. The van der Waals surface area contributed by atoms with Crippen molar-refractivity contribution in [1.82, 2.24) is 4.98 Å². The maximum atomic E-state index is 11.1. The molecule has 1 heterocycles. The van der Waals surface area contributed by atoms with Crippen molar-refractivity contribution in [2.24, 2.45) is 0 Å². The number of aromatic nitrogens is 1. The predicted molar refractivity (Wildman–Crippen MR) is 69.3 cm³/mol. The number of pyridine rings is 1. The van der Waals surface area contributed by atoms with Gasteiger partial charge in [-0.1, -0.05) is 24.3 Å². The minimum absolute atomic E-state index is 0.263. The lowest BCUT2D eigenvalue weighted by atomic mass is 9.98. The Labute approximate surface area is 110 Å². The minimum Gasteiger partial charge on any atom is -0.469 e. The monoisotopic (exact) mass is 261 g/mol. The molecule has 2 unspecified atom stereocenters. The summed E-state index contributed by atoms with van der Waals surface area (Å²) in [5, 5.41) is 21.7. The van der Waals surface area contributed by atoms with E-state index in [9.17, 15) is 15.0 Å². The summed E-state index contributed by atoms with van der Waals surface area (Å²) < 4.78 is 4.47. The lowest BCUT2D eigenvalue weighted by Crippen LogP contribution is -2.22. The van der Waals surface area contributed by atoms with E-state index < -0.39 is 18.2 Å². The predicted octanol–water partition coefficient (Wildman–Crippen LogP) is 1.19. The maximum Gasteiger partial charge on any atom is 0.308 e. The quantitative estimate of drug-likeness (QED) is 0.808. The fourth-order valence-electron chi connectivity index (χ4n) is 1.95. The van der Waals surface area contributed by atoms with Gasteiger partial charge in [-0.05, 0) is 5.39 Å². The second kappa shape index (κ2) is 5.77. The van der Waals surface area contributed by atoms with Gasteiger partial charge in [0.2, 0.25) is 0 Å². The number of fused-ring (bicyclic) bond motifs is 1. The highest BCUT2D eigenvalue weighted by Gasteiger charge is 2.23. The van der Waals surface area contributed by atoms with Gasteiger partial charge in [0.05, 0.1) is 19.6 Å². The van der Waals surface area contributed by atoms with E-state index in [0.717, 1.165) is 10.8 Å². The Kier molecular flexibility index (Phi) is 4.09. The van der Waals surface area contributed by atoms with Crippen molar-refractivity contribution >= 4 is 16.7 Å². The lowest BCUT2D eigenvalue weighted by Gasteiger charge is -2.18. The highest BCUT2D eigenvalue weighted by atomic mass is 16.5. The number of methoxy groups -OCH3 is 1. The highest BCUT2D eigenvalue weighted by Crippen LogP contribution is 2.26. The molecule has 2 aromatic rings. The molecular weight excluding hydrogens is 246 g/mol. The molecule has 0 fully saturated rings. The van der Waals surface area contributed by atoms with Crippen LogP contribution in [0.5, 0.6) is 0 Å². The third-order valence-electron chi connectivity index (χ3n) is 2.99. The van der Waals surface area contributed by atoms with Gasteiger partial charge in [0.1, 0.15) is 6.10 Å². The molecule has 0 aliphatic rings. The van der Waals surface area contributed by atoms with Crippen LogP contribution in [-0.2, 0) is 9.53 Å². The van der Waals surface area contributed by atoms with Crippen molar-refractivity contribution in [1.29, 1.82) is 0 Å². The number of carbonyl (C=O) groups is 1. The number of esters is 1. The number of benzene rings is 1. The van der Waals surface area contributed by atoms with E-state index in [0.29, 0.717) is 5.56 Å². The van der Waals surface area contributed by atoms with E-state index in [4.69, 9.17) is 0 Å². The van der Waals surface area contributed by atoms with Crippen LogP contribution in [0.3, 0.4) is 0 Å². The van der Waals surface area contributed by atoms with Crippen LogP contribution in [0.2, 0.25) is 0 Å². The molecule has 2 atom stereocenters.